The van der Waals surface area contributed by atoms with E-state index in [4.69, 9.17) is 4.74 Å². The summed E-state index contributed by atoms with van der Waals surface area (Å²) in [5.74, 6) is 0. The van der Waals surface area contributed by atoms with E-state index in [9.17, 15) is 18.0 Å². The number of nitrogens with zero attached hydrogens (tertiary/aromatic N) is 2. The molecular formula is C25H23F3N2O2S. The van der Waals surface area contributed by atoms with Gasteiger partial charge in [0.2, 0.25) is 0 Å². The molecule has 1 spiro atoms. The molecule has 0 N–H and O–H groups in total. The van der Waals surface area contributed by atoms with Crippen molar-refractivity contribution in [3.63, 3.8) is 0 Å². The van der Waals surface area contributed by atoms with Gasteiger partial charge < -0.3 is 4.74 Å². The predicted octanol–water partition coefficient (Wildman–Crippen LogP) is 6.43. The number of para-hydroxylation sites is 1. The lowest BCUT2D eigenvalue weighted by molar-refractivity contribution is -0.137. The lowest BCUT2D eigenvalue weighted by Gasteiger charge is -2.37. The summed E-state index contributed by atoms with van der Waals surface area (Å²) in [5, 5.41) is 3.88. The summed E-state index contributed by atoms with van der Waals surface area (Å²) >= 11 is 1.52. The number of halogens is 3. The van der Waals surface area contributed by atoms with Gasteiger partial charge in [-0.05, 0) is 57.8 Å². The van der Waals surface area contributed by atoms with Crippen LogP contribution in [0.2, 0.25) is 0 Å². The number of rotatable bonds is 4. The molecule has 0 unspecified atom stereocenters. The third kappa shape index (κ3) is 4.50. The first-order chi connectivity index (χ1) is 15.8. The molecule has 3 aromatic rings. The number of anilines is 1. The van der Waals surface area contributed by atoms with Gasteiger partial charge in [-0.1, -0.05) is 24.3 Å². The zero-order chi connectivity index (χ0) is 23.1. The maximum atomic E-state index is 13.4. The van der Waals surface area contributed by atoms with Crippen molar-refractivity contribution in [2.45, 2.75) is 31.2 Å². The van der Waals surface area contributed by atoms with Crippen LogP contribution < -0.4 is 4.90 Å². The number of carbonyl (C=O) groups is 1. The summed E-state index contributed by atoms with van der Waals surface area (Å²) in [6, 6.07) is 15.4. The van der Waals surface area contributed by atoms with Crippen LogP contribution in [0, 0.1) is 0 Å². The summed E-state index contributed by atoms with van der Waals surface area (Å²) < 4.78 is 45.9. The standard InChI is InChI=1S/C25H23F3N2O2S/c26-25(27,28)20-6-7-22(18-8-13-33-16-18)19(14-20)15-29-11-9-24(10-12-29)17-30(23(31)32-24)21-4-2-1-3-5-21/h1-8,13-14,16H,9-12,15,17H2. The van der Waals surface area contributed by atoms with Gasteiger partial charge in [-0.2, -0.15) is 24.5 Å². The number of carbonyl (C=O) groups excluding carboxylic acids is 1. The number of piperidine rings is 1. The molecule has 33 heavy (non-hydrogen) atoms. The highest BCUT2D eigenvalue weighted by Gasteiger charge is 2.47. The van der Waals surface area contributed by atoms with Crippen LogP contribution in [-0.2, 0) is 17.5 Å². The molecule has 2 fully saturated rings. The van der Waals surface area contributed by atoms with Gasteiger partial charge in [0.1, 0.15) is 5.60 Å². The van der Waals surface area contributed by atoms with E-state index in [2.05, 4.69) is 4.90 Å². The molecule has 2 aliphatic rings. The highest BCUT2D eigenvalue weighted by molar-refractivity contribution is 7.08. The highest BCUT2D eigenvalue weighted by Crippen LogP contribution is 2.38. The highest BCUT2D eigenvalue weighted by atomic mass is 32.1. The smallest absolute Gasteiger partial charge is 0.416 e. The Morgan fingerprint density at radius 2 is 1.79 bits per heavy atom. The first kappa shape index (κ1) is 22.0. The van der Waals surface area contributed by atoms with Gasteiger partial charge in [0.15, 0.2) is 0 Å². The Bertz CT molecular complexity index is 1120. The Morgan fingerprint density at radius 1 is 1.03 bits per heavy atom. The van der Waals surface area contributed by atoms with E-state index >= 15 is 0 Å². The minimum Gasteiger partial charge on any atom is -0.441 e. The molecule has 0 radical (unpaired) electrons. The van der Waals surface area contributed by atoms with Gasteiger partial charge in [-0.15, -0.1) is 0 Å². The van der Waals surface area contributed by atoms with Crippen molar-refractivity contribution in [2.24, 2.45) is 0 Å². The molecule has 8 heteroatoms. The van der Waals surface area contributed by atoms with Crippen LogP contribution in [0.5, 0.6) is 0 Å². The Balaban J connectivity index is 1.31. The lowest BCUT2D eigenvalue weighted by Crippen LogP contribution is -2.46. The summed E-state index contributed by atoms with van der Waals surface area (Å²) in [4.78, 5) is 16.3. The van der Waals surface area contributed by atoms with Crippen LogP contribution in [0.1, 0.15) is 24.0 Å². The fraction of sp³-hybridized carbons (Fsp3) is 0.320. The van der Waals surface area contributed by atoms with Crippen molar-refractivity contribution in [1.29, 1.82) is 0 Å². The first-order valence-corrected chi connectivity index (χ1v) is 11.8. The van der Waals surface area contributed by atoms with E-state index in [-0.39, 0.29) is 6.09 Å². The number of benzene rings is 2. The number of ether oxygens (including phenoxy) is 1. The second-order valence-corrected chi connectivity index (χ2v) is 9.41. The molecule has 0 saturated carbocycles. The molecule has 172 valence electrons. The van der Waals surface area contributed by atoms with Crippen LogP contribution in [0.3, 0.4) is 0 Å². The zero-order valence-corrected chi connectivity index (χ0v) is 18.7. The van der Waals surface area contributed by atoms with E-state index in [1.165, 1.54) is 17.4 Å². The minimum absolute atomic E-state index is 0.340. The van der Waals surface area contributed by atoms with Crippen molar-refractivity contribution in [2.75, 3.05) is 24.5 Å². The van der Waals surface area contributed by atoms with Gasteiger partial charge >= 0.3 is 12.3 Å². The van der Waals surface area contributed by atoms with Crippen LogP contribution in [0.15, 0.2) is 65.4 Å². The number of alkyl halides is 3. The molecule has 0 atom stereocenters. The van der Waals surface area contributed by atoms with E-state index in [1.807, 2.05) is 47.2 Å². The summed E-state index contributed by atoms with van der Waals surface area (Å²) in [6.07, 6.45) is -3.43. The van der Waals surface area contributed by atoms with E-state index in [0.717, 1.165) is 22.9 Å². The van der Waals surface area contributed by atoms with Crippen LogP contribution in [0.4, 0.5) is 23.7 Å². The third-order valence-corrected chi connectivity index (χ3v) is 7.15. The molecule has 2 saturated heterocycles. The molecule has 0 aliphatic carbocycles. The Kier molecular flexibility index (Phi) is 5.66. The van der Waals surface area contributed by atoms with Gasteiger partial charge in [0.25, 0.3) is 0 Å². The second kappa shape index (κ2) is 8.50. The molecule has 4 nitrogen and oxygen atoms in total. The van der Waals surface area contributed by atoms with Gasteiger partial charge in [-0.25, -0.2) is 4.79 Å². The Hall–Kier alpha value is -2.84. The summed E-state index contributed by atoms with van der Waals surface area (Å²) in [7, 11) is 0. The van der Waals surface area contributed by atoms with Crippen LogP contribution >= 0.6 is 11.3 Å². The molecule has 2 aromatic carbocycles. The van der Waals surface area contributed by atoms with E-state index in [0.29, 0.717) is 44.6 Å². The summed E-state index contributed by atoms with van der Waals surface area (Å²) in [5.41, 5.74) is 2.05. The molecule has 2 aliphatic heterocycles. The fourth-order valence-electron chi connectivity index (χ4n) is 4.65. The first-order valence-electron chi connectivity index (χ1n) is 10.8. The van der Waals surface area contributed by atoms with Gasteiger partial charge in [0, 0.05) is 38.2 Å². The predicted molar refractivity (Wildman–Crippen MR) is 122 cm³/mol. The molecule has 3 heterocycles. The van der Waals surface area contributed by atoms with Crippen molar-refractivity contribution in [1.82, 2.24) is 4.90 Å². The fourth-order valence-corrected chi connectivity index (χ4v) is 5.31. The molecule has 0 bridgehead atoms. The van der Waals surface area contributed by atoms with Gasteiger partial charge in [0.05, 0.1) is 12.1 Å². The number of hydrogen-bond donors (Lipinski definition) is 0. The van der Waals surface area contributed by atoms with Gasteiger partial charge in [-0.3, -0.25) is 9.80 Å². The Labute approximate surface area is 194 Å². The SMILES string of the molecule is O=C1OC2(CCN(Cc3cc(C(F)(F)F)ccc3-c3ccsc3)CC2)CN1c1ccccc1. The zero-order valence-electron chi connectivity index (χ0n) is 17.8. The normalized spacial score (nSPS) is 18.6. The number of thiophene rings is 1. The monoisotopic (exact) mass is 472 g/mol. The van der Waals surface area contributed by atoms with Crippen molar-refractivity contribution in [3.8, 4) is 11.1 Å². The second-order valence-electron chi connectivity index (χ2n) is 8.63. The van der Waals surface area contributed by atoms with Crippen molar-refractivity contribution < 1.29 is 22.7 Å². The third-order valence-electron chi connectivity index (χ3n) is 6.46. The molecule has 5 rings (SSSR count). The number of amides is 1. The molecule has 1 amide bonds. The quantitative estimate of drug-likeness (QED) is 0.439. The largest absolute Gasteiger partial charge is 0.441 e. The lowest BCUT2D eigenvalue weighted by atomic mass is 9.90. The summed E-state index contributed by atoms with van der Waals surface area (Å²) in [6.45, 7) is 2.21. The molecular weight excluding hydrogens is 449 g/mol. The van der Waals surface area contributed by atoms with Crippen molar-refractivity contribution in [3.05, 3.63) is 76.5 Å². The van der Waals surface area contributed by atoms with E-state index in [1.54, 1.807) is 11.0 Å². The van der Waals surface area contributed by atoms with Crippen LogP contribution in [0.25, 0.3) is 11.1 Å². The van der Waals surface area contributed by atoms with Crippen LogP contribution in [-0.4, -0.2) is 36.2 Å². The van der Waals surface area contributed by atoms with E-state index < -0.39 is 17.3 Å². The Morgan fingerprint density at radius 3 is 2.45 bits per heavy atom. The van der Waals surface area contributed by atoms with Crippen molar-refractivity contribution >= 4 is 23.1 Å². The molecule has 1 aromatic heterocycles. The average molecular weight is 473 g/mol. The number of hydrogen-bond acceptors (Lipinski definition) is 4. The average Bonchev–Trinajstić information content (AvgIpc) is 3.44. The minimum atomic E-state index is -4.38. The maximum absolute atomic E-state index is 13.4. The maximum Gasteiger partial charge on any atom is 0.416 e. The number of likely N-dealkylation sites (tertiary alicyclic amines) is 1. The topological polar surface area (TPSA) is 32.8 Å².